The van der Waals surface area contributed by atoms with Gasteiger partial charge in [0, 0.05) is 27.5 Å². The van der Waals surface area contributed by atoms with E-state index in [-0.39, 0.29) is 0 Å². The lowest BCUT2D eigenvalue weighted by Gasteiger charge is -2.09. The largest absolute Gasteiger partial charge is 0.354 e. The van der Waals surface area contributed by atoms with Crippen LogP contribution in [-0.4, -0.2) is 16.5 Å². The molecule has 0 aliphatic carbocycles. The first-order valence-corrected chi connectivity index (χ1v) is 9.77. The summed E-state index contributed by atoms with van der Waals surface area (Å²) in [5, 5.41) is 2.54. The van der Waals surface area contributed by atoms with Crippen LogP contribution in [0.1, 0.15) is 35.2 Å². The highest BCUT2D eigenvalue weighted by Gasteiger charge is 2.16. The normalized spacial score (nSPS) is 11.6. The minimum Gasteiger partial charge on any atom is -0.354 e. The molecule has 0 unspecified atom stereocenters. The number of hydrogen-bond donors (Lipinski definition) is 2. The quantitative estimate of drug-likeness (QED) is 0.457. The Morgan fingerprint density at radius 3 is 2.63 bits per heavy atom. The summed E-state index contributed by atoms with van der Waals surface area (Å²) in [5.41, 5.74) is 15.6. The fourth-order valence-corrected chi connectivity index (χ4v) is 4.12. The van der Waals surface area contributed by atoms with Gasteiger partial charge in [0.05, 0.1) is 11.2 Å². The van der Waals surface area contributed by atoms with Gasteiger partial charge in [-0.3, -0.25) is 4.98 Å². The number of nitrogens with two attached hydrogens (primary N) is 1. The predicted octanol–water partition coefficient (Wildman–Crippen LogP) is 5.59. The smallest absolute Gasteiger partial charge is 0.0711 e. The molecule has 0 fully saturated rings. The third kappa shape index (κ3) is 3.24. The van der Waals surface area contributed by atoms with Crippen LogP contribution in [0.3, 0.4) is 0 Å². The second kappa shape index (κ2) is 7.16. The van der Waals surface area contributed by atoms with Crippen molar-refractivity contribution < 1.29 is 0 Å². The summed E-state index contributed by atoms with van der Waals surface area (Å²) in [6.45, 7) is 7.15. The second-order valence-corrected chi connectivity index (χ2v) is 7.55. The number of rotatable bonds is 5. The predicted molar refractivity (Wildman–Crippen MR) is 115 cm³/mol. The molecule has 27 heavy (non-hydrogen) atoms. The molecular weight excluding hydrogens is 330 g/mol. The first kappa shape index (κ1) is 17.7. The zero-order valence-electron chi connectivity index (χ0n) is 16.4. The summed E-state index contributed by atoms with van der Waals surface area (Å²) >= 11 is 0. The Kier molecular flexibility index (Phi) is 4.71. The highest BCUT2D eigenvalue weighted by Crippen LogP contribution is 2.36. The fourth-order valence-electron chi connectivity index (χ4n) is 4.12. The van der Waals surface area contributed by atoms with Crippen molar-refractivity contribution in [2.45, 2.75) is 40.0 Å². The molecule has 3 N–H and O–H groups in total. The number of aryl methyl sites for hydroxylation is 4. The summed E-state index contributed by atoms with van der Waals surface area (Å²) in [6.07, 6.45) is 3.18. The van der Waals surface area contributed by atoms with Gasteiger partial charge in [-0.2, -0.15) is 0 Å². The van der Waals surface area contributed by atoms with E-state index < -0.39 is 0 Å². The molecule has 2 aromatic heterocycles. The van der Waals surface area contributed by atoms with E-state index in [1.165, 1.54) is 44.2 Å². The topological polar surface area (TPSA) is 54.7 Å². The lowest BCUT2D eigenvalue weighted by Crippen LogP contribution is -1.99. The molecule has 0 aliphatic rings. The number of H-pyrrole nitrogens is 1. The van der Waals surface area contributed by atoms with Gasteiger partial charge in [0.1, 0.15) is 0 Å². The van der Waals surface area contributed by atoms with Crippen LogP contribution in [0.4, 0.5) is 0 Å². The molecule has 0 amide bonds. The second-order valence-electron chi connectivity index (χ2n) is 7.55. The monoisotopic (exact) mass is 357 g/mol. The van der Waals surface area contributed by atoms with Crippen LogP contribution in [0.5, 0.6) is 0 Å². The van der Waals surface area contributed by atoms with Crippen molar-refractivity contribution in [3.05, 3.63) is 64.8 Å². The zero-order valence-corrected chi connectivity index (χ0v) is 16.4. The van der Waals surface area contributed by atoms with Gasteiger partial charge in [-0.1, -0.05) is 29.8 Å². The van der Waals surface area contributed by atoms with E-state index in [9.17, 15) is 0 Å². The molecule has 3 nitrogen and oxygen atoms in total. The van der Waals surface area contributed by atoms with Crippen molar-refractivity contribution in [3.8, 4) is 11.3 Å². The summed E-state index contributed by atoms with van der Waals surface area (Å²) in [6, 6.07) is 15.3. The van der Waals surface area contributed by atoms with Crippen LogP contribution in [0.25, 0.3) is 33.1 Å². The average molecular weight is 358 g/mol. The van der Waals surface area contributed by atoms with Crippen LogP contribution >= 0.6 is 0 Å². The maximum atomic E-state index is 5.75. The number of aromatic amines is 1. The number of pyridine rings is 1. The summed E-state index contributed by atoms with van der Waals surface area (Å²) in [7, 11) is 0. The van der Waals surface area contributed by atoms with Crippen LogP contribution in [0, 0.1) is 20.8 Å². The van der Waals surface area contributed by atoms with Gasteiger partial charge in [0.2, 0.25) is 0 Å². The van der Waals surface area contributed by atoms with Crippen molar-refractivity contribution in [1.82, 2.24) is 9.97 Å². The van der Waals surface area contributed by atoms with Gasteiger partial charge < -0.3 is 10.7 Å². The number of benzene rings is 2. The van der Waals surface area contributed by atoms with Gasteiger partial charge in [0.15, 0.2) is 0 Å². The summed E-state index contributed by atoms with van der Waals surface area (Å²) in [5.74, 6) is 0. The summed E-state index contributed by atoms with van der Waals surface area (Å²) in [4.78, 5) is 8.47. The fraction of sp³-hybridized carbons (Fsp3) is 0.292. The van der Waals surface area contributed by atoms with E-state index in [1.807, 2.05) is 6.92 Å². The number of nitrogens with one attached hydrogen (secondary N) is 1. The molecule has 0 aliphatic heterocycles. The number of aromatic nitrogens is 2. The molecule has 4 rings (SSSR count). The molecule has 0 saturated heterocycles. The van der Waals surface area contributed by atoms with E-state index in [1.54, 1.807) is 0 Å². The van der Waals surface area contributed by atoms with Crippen LogP contribution in [-0.2, 0) is 6.42 Å². The van der Waals surface area contributed by atoms with Crippen molar-refractivity contribution >= 4 is 21.8 Å². The maximum absolute atomic E-state index is 5.75. The highest BCUT2D eigenvalue weighted by molar-refractivity contribution is 6.00. The molecule has 2 heterocycles. The van der Waals surface area contributed by atoms with Crippen molar-refractivity contribution in [1.29, 1.82) is 0 Å². The van der Waals surface area contributed by atoms with Crippen molar-refractivity contribution in [2.75, 3.05) is 6.54 Å². The molecule has 0 bridgehead atoms. The van der Waals surface area contributed by atoms with E-state index in [0.29, 0.717) is 0 Å². The van der Waals surface area contributed by atoms with E-state index in [2.05, 4.69) is 61.3 Å². The third-order valence-corrected chi connectivity index (χ3v) is 5.38. The third-order valence-electron chi connectivity index (χ3n) is 5.38. The first-order valence-electron chi connectivity index (χ1n) is 9.77. The molecule has 0 saturated carbocycles. The Labute approximate surface area is 160 Å². The van der Waals surface area contributed by atoms with Gasteiger partial charge >= 0.3 is 0 Å². The molecule has 2 aromatic carbocycles. The molecular formula is C24H27N3. The number of hydrogen-bond acceptors (Lipinski definition) is 2. The van der Waals surface area contributed by atoms with Crippen LogP contribution < -0.4 is 5.73 Å². The van der Waals surface area contributed by atoms with Crippen LogP contribution in [0.15, 0.2) is 42.5 Å². The van der Waals surface area contributed by atoms with Crippen molar-refractivity contribution in [2.24, 2.45) is 5.73 Å². The van der Waals surface area contributed by atoms with Gasteiger partial charge in [-0.15, -0.1) is 0 Å². The SMILES string of the molecule is Cc1cc(C)c2[nH]c(-c3cccc4nc(C)ccc34)c(CCCCN)c2c1. The van der Waals surface area contributed by atoms with E-state index in [0.717, 1.165) is 37.0 Å². The van der Waals surface area contributed by atoms with E-state index >= 15 is 0 Å². The highest BCUT2D eigenvalue weighted by atomic mass is 14.7. The first-order chi connectivity index (χ1) is 13.1. The molecule has 0 radical (unpaired) electrons. The molecule has 3 heteroatoms. The number of nitrogens with zero attached hydrogens (tertiary/aromatic N) is 1. The zero-order chi connectivity index (χ0) is 19.0. The molecule has 138 valence electrons. The van der Waals surface area contributed by atoms with Crippen LogP contribution in [0.2, 0.25) is 0 Å². The Bertz CT molecular complexity index is 1120. The standard InChI is InChI=1S/C24H27N3/c1-15-13-16(2)23-21(14-15)20(7-4-5-12-25)24(27-23)19-8-6-9-22-18(19)11-10-17(3)26-22/h6,8-11,13-14,27H,4-5,7,12,25H2,1-3H3. The van der Waals surface area contributed by atoms with Gasteiger partial charge in [-0.25, -0.2) is 0 Å². The van der Waals surface area contributed by atoms with Crippen molar-refractivity contribution in [3.63, 3.8) is 0 Å². The lowest BCUT2D eigenvalue weighted by molar-refractivity contribution is 0.748. The lowest BCUT2D eigenvalue weighted by atomic mass is 9.96. The van der Waals surface area contributed by atoms with E-state index in [4.69, 9.17) is 10.7 Å². The minimum atomic E-state index is 0.743. The minimum absolute atomic E-state index is 0.743. The number of fused-ring (bicyclic) bond motifs is 2. The van der Waals surface area contributed by atoms with Gasteiger partial charge in [0.25, 0.3) is 0 Å². The molecule has 0 spiro atoms. The Hall–Kier alpha value is -2.65. The Morgan fingerprint density at radius 2 is 1.81 bits per heavy atom. The maximum Gasteiger partial charge on any atom is 0.0711 e. The Morgan fingerprint density at radius 1 is 0.963 bits per heavy atom. The average Bonchev–Trinajstić information content (AvgIpc) is 3.00. The molecule has 0 atom stereocenters. The Balaban J connectivity index is 1.98. The van der Waals surface area contributed by atoms with Gasteiger partial charge in [-0.05, 0) is 75.9 Å². The summed E-state index contributed by atoms with van der Waals surface area (Å²) < 4.78 is 0. The number of unbranched alkanes of at least 4 members (excludes halogenated alkanes) is 1. The molecule has 4 aromatic rings.